The second kappa shape index (κ2) is 19.7. The average molecular weight is 958 g/mol. The van der Waals surface area contributed by atoms with E-state index in [0.717, 1.165) is 54.3 Å². The van der Waals surface area contributed by atoms with Gasteiger partial charge in [-0.2, -0.15) is 0 Å². The van der Waals surface area contributed by atoms with Crippen LogP contribution in [0.1, 0.15) is 181 Å². The van der Waals surface area contributed by atoms with Crippen molar-refractivity contribution in [2.75, 3.05) is 13.7 Å². The molecule has 3 saturated carbocycles. The molecule has 69 heavy (non-hydrogen) atoms. The Hall–Kier alpha value is -3.69. The lowest BCUT2D eigenvalue weighted by Crippen LogP contribution is -2.53. The van der Waals surface area contributed by atoms with Gasteiger partial charge >= 0.3 is 0 Å². The fraction of sp³-hybridized carbons (Fsp3) is 0.696. The van der Waals surface area contributed by atoms with E-state index in [1.54, 1.807) is 12.5 Å². The number of carbonyl (C=O) groups excluding carboxylic acids is 3. The van der Waals surface area contributed by atoms with Crippen LogP contribution in [0.25, 0.3) is 0 Å². The highest BCUT2D eigenvalue weighted by atomic mass is 16.7. The Bertz CT molecular complexity index is 2310. The molecule has 1 heterocycles. The summed E-state index contributed by atoms with van der Waals surface area (Å²) < 4.78 is 17.0. The van der Waals surface area contributed by atoms with Gasteiger partial charge in [-0.15, -0.1) is 0 Å². The number of allylic oxidation sites excluding steroid dienone is 1. The Morgan fingerprint density at radius 1 is 0.957 bits per heavy atom. The molecule has 1 aliphatic heterocycles. The van der Waals surface area contributed by atoms with Crippen LogP contribution in [0, 0.1) is 52.3 Å². The summed E-state index contributed by atoms with van der Waals surface area (Å²) in [6, 6.07) is 3.64. The third-order valence-corrected chi connectivity index (χ3v) is 19.1. The van der Waals surface area contributed by atoms with Crippen LogP contribution in [-0.2, 0) is 20.7 Å². The van der Waals surface area contributed by atoms with Crippen LogP contribution >= 0.6 is 0 Å². The van der Waals surface area contributed by atoms with Crippen molar-refractivity contribution < 1.29 is 59.2 Å². The monoisotopic (exact) mass is 958 g/mol. The van der Waals surface area contributed by atoms with Crippen LogP contribution in [0.4, 0.5) is 0 Å². The fourth-order valence-corrected chi connectivity index (χ4v) is 15.1. The zero-order valence-electron chi connectivity index (χ0n) is 42.1. The molecule has 0 amide bonds. The Morgan fingerprint density at radius 3 is 2.35 bits per heavy atom. The van der Waals surface area contributed by atoms with Gasteiger partial charge in [0, 0.05) is 42.0 Å². The van der Waals surface area contributed by atoms with Crippen molar-refractivity contribution in [3.63, 3.8) is 0 Å². The van der Waals surface area contributed by atoms with Crippen LogP contribution in [0.15, 0.2) is 29.8 Å². The number of aliphatic hydroxyl groups is 4. The highest BCUT2D eigenvalue weighted by molar-refractivity contribution is 6.31. The molecular formula is C56H79NO12. The third kappa shape index (κ3) is 8.92. The summed E-state index contributed by atoms with van der Waals surface area (Å²) in [4.78, 5) is 39.7. The molecule has 2 aromatic carbocycles. The molecule has 0 aromatic heterocycles. The highest BCUT2D eigenvalue weighted by Crippen LogP contribution is 2.67. The number of methoxy groups -OCH3 is 1. The zero-order chi connectivity index (χ0) is 50.1. The second-order valence-corrected chi connectivity index (χ2v) is 23.0. The van der Waals surface area contributed by atoms with E-state index in [1.165, 1.54) is 83.1 Å². The van der Waals surface area contributed by atoms with E-state index in [1.807, 2.05) is 0 Å². The Labute approximate surface area is 408 Å². The van der Waals surface area contributed by atoms with E-state index in [0.29, 0.717) is 10.8 Å². The topological polar surface area (TPSA) is 226 Å². The molecule has 0 bridgehead atoms. The maximum atomic E-state index is 13.6. The van der Waals surface area contributed by atoms with Crippen LogP contribution in [0.5, 0.6) is 17.2 Å². The number of aliphatic hydroxyl groups excluding tert-OH is 3. The molecule has 15 atom stereocenters. The molecule has 0 radical (unpaired) electrons. The van der Waals surface area contributed by atoms with Gasteiger partial charge in [-0.05, 0) is 123 Å². The second-order valence-electron chi connectivity index (χ2n) is 23.0. The molecule has 13 heteroatoms. The molecule has 1 saturated heterocycles. The lowest BCUT2D eigenvalue weighted by atomic mass is 9.47. The summed E-state index contributed by atoms with van der Waals surface area (Å²) in [6.45, 7) is 15.7. The number of hydrogen-bond acceptors (Lipinski definition) is 13. The van der Waals surface area contributed by atoms with E-state index in [9.17, 15) is 45.0 Å². The lowest BCUT2D eigenvalue weighted by Gasteiger charge is -2.58. The van der Waals surface area contributed by atoms with Crippen LogP contribution in [0.3, 0.4) is 0 Å². The summed E-state index contributed by atoms with van der Waals surface area (Å²) in [7, 11) is 1.32. The summed E-state index contributed by atoms with van der Waals surface area (Å²) in [6.07, 6.45) is 12.0. The summed E-state index contributed by atoms with van der Waals surface area (Å²) in [5.74, 6) is 2.53. The maximum Gasteiger partial charge on any atom is 0.202 e. The van der Waals surface area contributed by atoms with E-state index in [4.69, 9.17) is 19.9 Å². The van der Waals surface area contributed by atoms with Gasteiger partial charge in [-0.25, -0.2) is 0 Å². The number of hydrogen-bond donors (Lipinski definition) is 7. The summed E-state index contributed by atoms with van der Waals surface area (Å²) >= 11 is 0. The van der Waals surface area contributed by atoms with E-state index >= 15 is 0 Å². The number of phenols is 2. The van der Waals surface area contributed by atoms with Crippen molar-refractivity contribution in [3.8, 4) is 17.2 Å². The number of fused-ring (bicyclic) bond motifs is 8. The predicted octanol–water partition coefficient (Wildman–Crippen LogP) is 8.03. The minimum atomic E-state index is -2.24. The highest BCUT2D eigenvalue weighted by Gasteiger charge is 2.59. The van der Waals surface area contributed by atoms with Gasteiger partial charge < -0.3 is 50.6 Å². The molecule has 13 nitrogen and oxygen atoms in total. The van der Waals surface area contributed by atoms with Crippen molar-refractivity contribution in [2.24, 2.45) is 58.0 Å². The van der Waals surface area contributed by atoms with Gasteiger partial charge in [0.1, 0.15) is 29.5 Å². The molecule has 0 unspecified atom stereocenters. The van der Waals surface area contributed by atoms with Gasteiger partial charge in [0.15, 0.2) is 17.9 Å². The average Bonchev–Trinajstić information content (AvgIpc) is 3.68. The summed E-state index contributed by atoms with van der Waals surface area (Å²) in [5.41, 5.74) is 4.96. The molecular weight excluding hydrogens is 879 g/mol. The quantitative estimate of drug-likeness (QED) is 0.0715. The lowest BCUT2D eigenvalue weighted by molar-refractivity contribution is -0.247. The van der Waals surface area contributed by atoms with E-state index in [-0.39, 0.29) is 40.5 Å². The number of Topliss-reactive ketones (excluding diaryl/α,β-unsaturated/α-hetero) is 1. The molecule has 9 rings (SSSR count). The fourth-order valence-electron chi connectivity index (χ4n) is 15.1. The number of ether oxygens (including phenoxy) is 3. The smallest absolute Gasteiger partial charge is 0.202 e. The summed E-state index contributed by atoms with van der Waals surface area (Å²) in [5, 5.41) is 63.9. The third-order valence-electron chi connectivity index (χ3n) is 19.1. The largest absolute Gasteiger partial charge is 0.507 e. The molecule has 2 aromatic rings. The molecule has 0 spiro atoms. The van der Waals surface area contributed by atoms with E-state index < -0.39 is 95.7 Å². The maximum absolute atomic E-state index is 13.6. The first-order chi connectivity index (χ1) is 32.6. The Balaban J connectivity index is 0.000000192. The number of aromatic hydroxyl groups is 2. The minimum Gasteiger partial charge on any atom is -0.507 e. The van der Waals surface area contributed by atoms with Gasteiger partial charge in [0.2, 0.25) is 5.78 Å². The zero-order valence-corrected chi connectivity index (χ0v) is 42.1. The molecule has 380 valence electrons. The Morgan fingerprint density at radius 2 is 1.68 bits per heavy atom. The Kier molecular flexibility index (Phi) is 14.8. The van der Waals surface area contributed by atoms with Gasteiger partial charge in [0.05, 0.1) is 48.2 Å². The molecule has 8 N–H and O–H groups in total. The number of carbonyl (C=O) groups is 3. The van der Waals surface area contributed by atoms with Crippen molar-refractivity contribution >= 4 is 17.3 Å². The number of benzene rings is 2. The molecule has 7 aliphatic rings. The standard InChI is InChI=1S/C29H50O.C27H29NO11/c1-7-21(19(2)3)9-8-20(4)25-12-13-26-24-11-10-22-18-23(30)14-16-28(22,5)27(24)15-17-29(25,26)6;1-10-22(31)13(28)6-17(38-10)39-15-8-27(36,16(30)9-29)7-12-19(15)26(35)21-20(24(12)33)23(32)11-4-3-5-14(37-2)18(11)25(21)34/h10,19-21,23-27,30H,7-9,11-18H2,1-6H3;3-5,10,13,15,17,22,29,31,33,35-36H,6-9,28H2,1-2H3/t20-,21-,23+,24+,25-,26+,27+,28+,29-;10-,13-,15-,17-,22+,27-/m10/s1. The SMILES string of the molecule is CC[C@H](CC[C@@H](C)[C@H]1CC[C@H]2[C@@H]3CC=C4C[C@@H](O)CC[C@]4(C)[C@H]3CC[C@]12C)C(C)C.COc1cccc2c1C(=O)c1c(O)c3c(c(O)c1C2=O)C[C@@](O)(C(=O)CO)C[C@@H]3O[C@H]1C[C@H](N)[C@H](O)[C@H](C)O1. The first kappa shape index (κ1) is 51.7. The van der Waals surface area contributed by atoms with Crippen molar-refractivity contribution in [2.45, 2.75) is 181 Å². The van der Waals surface area contributed by atoms with Crippen LogP contribution in [0.2, 0.25) is 0 Å². The van der Waals surface area contributed by atoms with Crippen molar-refractivity contribution in [3.05, 3.63) is 63.2 Å². The van der Waals surface area contributed by atoms with Gasteiger partial charge in [-0.1, -0.05) is 78.2 Å². The molecule has 6 aliphatic carbocycles. The predicted molar refractivity (Wildman–Crippen MR) is 260 cm³/mol. The number of phenolic OH excluding ortho intramolecular Hbond substituents is 2. The van der Waals surface area contributed by atoms with Gasteiger partial charge in [-0.3, -0.25) is 14.4 Å². The van der Waals surface area contributed by atoms with E-state index in [2.05, 4.69) is 47.6 Å². The van der Waals surface area contributed by atoms with Crippen LogP contribution in [-0.4, -0.2) is 98.0 Å². The molecule has 4 fully saturated rings. The van der Waals surface area contributed by atoms with Gasteiger partial charge in [0.25, 0.3) is 0 Å². The number of nitrogens with two attached hydrogens (primary N) is 1. The number of ketones is 3. The first-order valence-electron chi connectivity index (χ1n) is 26.0. The number of rotatable bonds is 11. The normalized spacial score (nSPS) is 36.6. The first-order valence-corrected chi connectivity index (χ1v) is 26.0. The minimum absolute atomic E-state index is 0.0173. The van der Waals surface area contributed by atoms with Crippen molar-refractivity contribution in [1.82, 2.24) is 0 Å². The van der Waals surface area contributed by atoms with Crippen LogP contribution < -0.4 is 10.5 Å². The van der Waals surface area contributed by atoms with Crippen molar-refractivity contribution in [1.29, 1.82) is 0 Å².